The van der Waals surface area contributed by atoms with Crippen molar-refractivity contribution in [1.82, 2.24) is 9.88 Å². The highest BCUT2D eigenvalue weighted by Crippen LogP contribution is 2.27. The van der Waals surface area contributed by atoms with Crippen molar-refractivity contribution < 1.29 is 14.6 Å². The van der Waals surface area contributed by atoms with Gasteiger partial charge in [-0.05, 0) is 42.5 Å². The molecule has 1 amide bonds. The largest absolute Gasteiger partial charge is 0.487 e. The Morgan fingerprint density at radius 2 is 2.00 bits per heavy atom. The first-order valence-corrected chi connectivity index (χ1v) is 9.78. The number of pyridine rings is 1. The van der Waals surface area contributed by atoms with Crippen molar-refractivity contribution in [2.75, 3.05) is 32.1 Å². The van der Waals surface area contributed by atoms with Gasteiger partial charge in [0.1, 0.15) is 18.0 Å². The van der Waals surface area contributed by atoms with Crippen LogP contribution in [0.4, 0.5) is 5.69 Å². The number of hydrogen-bond donors (Lipinski definition) is 1. The first kappa shape index (κ1) is 19.2. The number of ether oxygens (including phenoxy) is 1. The maximum absolute atomic E-state index is 12.9. The molecule has 29 heavy (non-hydrogen) atoms. The van der Waals surface area contributed by atoms with Crippen molar-refractivity contribution in [2.45, 2.75) is 18.6 Å². The van der Waals surface area contributed by atoms with E-state index in [1.807, 2.05) is 73.6 Å². The number of aromatic nitrogens is 1. The fraction of sp³-hybridized carbons (Fsp3) is 0.304. The van der Waals surface area contributed by atoms with E-state index >= 15 is 0 Å². The summed E-state index contributed by atoms with van der Waals surface area (Å²) in [5.41, 5.74) is 2.45. The van der Waals surface area contributed by atoms with E-state index in [9.17, 15) is 9.90 Å². The van der Waals surface area contributed by atoms with Crippen LogP contribution >= 0.6 is 0 Å². The molecule has 3 aromatic rings. The van der Waals surface area contributed by atoms with Crippen molar-refractivity contribution in [3.05, 3.63) is 66.4 Å². The molecule has 1 fully saturated rings. The summed E-state index contributed by atoms with van der Waals surface area (Å²) in [5, 5.41) is 11.6. The Hall–Kier alpha value is -3.12. The predicted molar refractivity (Wildman–Crippen MR) is 113 cm³/mol. The van der Waals surface area contributed by atoms with E-state index in [1.54, 1.807) is 11.1 Å². The van der Waals surface area contributed by atoms with E-state index in [4.69, 9.17) is 4.74 Å². The Kier molecular flexibility index (Phi) is 5.36. The smallest absolute Gasteiger partial charge is 0.254 e. The molecule has 1 N–H and O–H groups in total. The SMILES string of the molecule is CN(C)c1cccc(C(=O)N2CC[C@@H](Oc3cccc4ncccc34)[C@H](O)C2)c1. The fourth-order valence-electron chi connectivity index (χ4n) is 3.67. The Balaban J connectivity index is 1.45. The summed E-state index contributed by atoms with van der Waals surface area (Å²) >= 11 is 0. The molecule has 1 aliphatic rings. The van der Waals surface area contributed by atoms with Crippen LogP contribution in [0.25, 0.3) is 10.9 Å². The van der Waals surface area contributed by atoms with Crippen LogP contribution in [0, 0.1) is 0 Å². The maximum Gasteiger partial charge on any atom is 0.254 e. The number of hydrogen-bond acceptors (Lipinski definition) is 5. The quantitative estimate of drug-likeness (QED) is 0.741. The van der Waals surface area contributed by atoms with Gasteiger partial charge in [0.2, 0.25) is 0 Å². The molecule has 6 heteroatoms. The van der Waals surface area contributed by atoms with Gasteiger partial charge in [-0.3, -0.25) is 9.78 Å². The Morgan fingerprint density at radius 3 is 2.79 bits per heavy atom. The molecule has 0 radical (unpaired) electrons. The summed E-state index contributed by atoms with van der Waals surface area (Å²) in [6.07, 6.45) is 1.20. The van der Waals surface area contributed by atoms with Gasteiger partial charge in [-0.25, -0.2) is 0 Å². The average Bonchev–Trinajstić information content (AvgIpc) is 2.75. The highest BCUT2D eigenvalue weighted by atomic mass is 16.5. The van der Waals surface area contributed by atoms with Gasteiger partial charge >= 0.3 is 0 Å². The number of piperidine rings is 1. The topological polar surface area (TPSA) is 65.9 Å². The van der Waals surface area contributed by atoms with E-state index < -0.39 is 6.10 Å². The zero-order valence-corrected chi connectivity index (χ0v) is 16.7. The van der Waals surface area contributed by atoms with E-state index in [1.165, 1.54) is 0 Å². The van der Waals surface area contributed by atoms with Crippen LogP contribution in [0.1, 0.15) is 16.8 Å². The monoisotopic (exact) mass is 391 g/mol. The third-order valence-electron chi connectivity index (χ3n) is 5.30. The zero-order chi connectivity index (χ0) is 20.4. The highest BCUT2D eigenvalue weighted by Gasteiger charge is 2.32. The lowest BCUT2D eigenvalue weighted by Gasteiger charge is -2.36. The van der Waals surface area contributed by atoms with E-state index in [-0.39, 0.29) is 18.6 Å². The molecule has 0 saturated carbocycles. The number of likely N-dealkylation sites (tertiary alicyclic amines) is 1. The van der Waals surface area contributed by atoms with Crippen LogP contribution in [-0.4, -0.2) is 60.3 Å². The minimum Gasteiger partial charge on any atom is -0.487 e. The van der Waals surface area contributed by atoms with Gasteiger partial charge in [-0.2, -0.15) is 0 Å². The summed E-state index contributed by atoms with van der Waals surface area (Å²) in [6, 6.07) is 17.1. The molecule has 1 aliphatic heterocycles. The molecule has 1 saturated heterocycles. The van der Waals surface area contributed by atoms with E-state index in [0.29, 0.717) is 24.3 Å². The first-order chi connectivity index (χ1) is 14.0. The summed E-state index contributed by atoms with van der Waals surface area (Å²) in [7, 11) is 3.89. The maximum atomic E-state index is 12.9. The molecular weight excluding hydrogens is 366 g/mol. The van der Waals surface area contributed by atoms with Crippen LogP contribution in [0.3, 0.4) is 0 Å². The molecule has 0 unspecified atom stereocenters. The van der Waals surface area contributed by atoms with Crippen molar-refractivity contribution >= 4 is 22.5 Å². The number of nitrogens with zero attached hydrogens (tertiary/aromatic N) is 3. The number of rotatable bonds is 4. The van der Waals surface area contributed by atoms with Crippen molar-refractivity contribution in [3.8, 4) is 5.75 Å². The number of aliphatic hydroxyl groups excluding tert-OH is 1. The third-order valence-corrected chi connectivity index (χ3v) is 5.30. The van der Waals surface area contributed by atoms with Crippen molar-refractivity contribution in [1.29, 1.82) is 0 Å². The highest BCUT2D eigenvalue weighted by molar-refractivity contribution is 5.95. The molecule has 0 aliphatic carbocycles. The van der Waals surface area contributed by atoms with Gasteiger partial charge < -0.3 is 19.6 Å². The molecule has 0 spiro atoms. The number of carbonyl (C=O) groups excluding carboxylic acids is 1. The minimum atomic E-state index is -0.753. The number of fused-ring (bicyclic) bond motifs is 1. The number of anilines is 1. The Labute approximate surface area is 170 Å². The number of amides is 1. The van der Waals surface area contributed by atoms with Gasteiger partial charge in [-0.15, -0.1) is 0 Å². The first-order valence-electron chi connectivity index (χ1n) is 9.78. The number of β-amino-alcohol motifs (C(OH)–C–C–N with tert-alkyl or cyclic N) is 1. The second-order valence-corrected chi connectivity index (χ2v) is 7.53. The zero-order valence-electron chi connectivity index (χ0n) is 16.7. The van der Waals surface area contributed by atoms with Gasteiger partial charge in [-0.1, -0.05) is 12.1 Å². The number of carbonyl (C=O) groups is 1. The molecule has 150 valence electrons. The minimum absolute atomic E-state index is 0.0689. The van der Waals surface area contributed by atoms with Crippen molar-refractivity contribution in [2.24, 2.45) is 0 Å². The Morgan fingerprint density at radius 1 is 1.17 bits per heavy atom. The lowest BCUT2D eigenvalue weighted by atomic mass is 10.0. The molecule has 1 aromatic heterocycles. The van der Waals surface area contributed by atoms with Crippen LogP contribution in [0.2, 0.25) is 0 Å². The van der Waals surface area contributed by atoms with E-state index in [2.05, 4.69) is 4.98 Å². The molecule has 2 atom stereocenters. The summed E-state index contributed by atoms with van der Waals surface area (Å²) in [6.45, 7) is 0.786. The second-order valence-electron chi connectivity index (χ2n) is 7.53. The standard InChI is InChI=1S/C23H25N3O3/c1-25(2)17-7-3-6-16(14-17)23(28)26-13-11-22(20(27)15-26)29-21-10-4-9-19-18(21)8-5-12-24-19/h3-10,12,14,20,22,27H,11,13,15H2,1-2H3/t20-,22-/m1/s1. The van der Waals surface area contributed by atoms with Crippen molar-refractivity contribution in [3.63, 3.8) is 0 Å². The molecule has 4 rings (SSSR count). The number of aliphatic hydroxyl groups is 1. The average molecular weight is 391 g/mol. The summed E-state index contributed by atoms with van der Waals surface area (Å²) in [5.74, 6) is 0.638. The lowest BCUT2D eigenvalue weighted by molar-refractivity contribution is -0.0193. The van der Waals surface area contributed by atoms with Crippen LogP contribution in [0.15, 0.2) is 60.8 Å². The third kappa shape index (κ3) is 4.03. The van der Waals surface area contributed by atoms with Crippen LogP contribution in [-0.2, 0) is 0 Å². The van der Waals surface area contributed by atoms with Gasteiger partial charge in [0.15, 0.2) is 0 Å². The molecule has 6 nitrogen and oxygen atoms in total. The molecular formula is C23H25N3O3. The van der Waals surface area contributed by atoms with Gasteiger partial charge in [0, 0.05) is 49.9 Å². The Bertz CT molecular complexity index is 1020. The summed E-state index contributed by atoms with van der Waals surface area (Å²) in [4.78, 5) is 20.9. The van der Waals surface area contributed by atoms with E-state index in [0.717, 1.165) is 16.6 Å². The number of benzene rings is 2. The van der Waals surface area contributed by atoms with Gasteiger partial charge in [0.25, 0.3) is 5.91 Å². The molecule has 2 heterocycles. The van der Waals surface area contributed by atoms with Crippen LogP contribution < -0.4 is 9.64 Å². The molecule has 0 bridgehead atoms. The normalized spacial score (nSPS) is 19.2. The second kappa shape index (κ2) is 8.09. The summed E-state index contributed by atoms with van der Waals surface area (Å²) < 4.78 is 6.13. The van der Waals surface area contributed by atoms with Crippen LogP contribution in [0.5, 0.6) is 5.75 Å². The fourth-order valence-corrected chi connectivity index (χ4v) is 3.67. The molecule has 2 aromatic carbocycles. The lowest BCUT2D eigenvalue weighted by Crippen LogP contribution is -2.51. The van der Waals surface area contributed by atoms with Gasteiger partial charge in [0.05, 0.1) is 12.1 Å². The predicted octanol–water partition coefficient (Wildman–Crippen LogP) is 2.96.